The third-order valence-corrected chi connectivity index (χ3v) is 3.42. The van der Waals surface area contributed by atoms with Crippen molar-refractivity contribution in [1.82, 2.24) is 4.90 Å². The molecule has 4 nitrogen and oxygen atoms in total. The molecule has 2 atom stereocenters. The van der Waals surface area contributed by atoms with E-state index >= 15 is 0 Å². The summed E-state index contributed by atoms with van der Waals surface area (Å²) in [6.07, 6.45) is 1.24. The van der Waals surface area contributed by atoms with E-state index in [0.29, 0.717) is 31.3 Å². The first-order valence-electron chi connectivity index (χ1n) is 6.28. The van der Waals surface area contributed by atoms with E-state index < -0.39 is 6.10 Å². The molecule has 0 aromatic heterocycles. The maximum absolute atomic E-state index is 9.67. The molecular formula is C14H21Cl3N2O2. The molecule has 1 aliphatic heterocycles. The van der Waals surface area contributed by atoms with Crippen LogP contribution in [0.3, 0.4) is 0 Å². The summed E-state index contributed by atoms with van der Waals surface area (Å²) >= 11 is 6.03. The molecular weight excluding hydrogens is 335 g/mol. The quantitative estimate of drug-likeness (QED) is 0.795. The van der Waals surface area contributed by atoms with Gasteiger partial charge in [0.25, 0.3) is 0 Å². The smallest absolute Gasteiger partial charge is 0.124 e. The lowest BCUT2D eigenvalue weighted by atomic mass is 10.2. The first-order valence-corrected chi connectivity index (χ1v) is 6.66. The molecule has 1 aromatic rings. The lowest BCUT2D eigenvalue weighted by molar-refractivity contribution is 0.163. The monoisotopic (exact) mass is 354 g/mol. The Bertz CT molecular complexity index is 450. The van der Waals surface area contributed by atoms with Crippen LogP contribution >= 0.6 is 36.4 Å². The number of hydrogen-bond donors (Lipinski definition) is 2. The van der Waals surface area contributed by atoms with Crippen molar-refractivity contribution in [3.05, 3.63) is 41.4 Å². The summed E-state index contributed by atoms with van der Waals surface area (Å²) in [6.45, 7) is 6.01. The van der Waals surface area contributed by atoms with E-state index in [4.69, 9.17) is 22.1 Å². The normalized spacial score (nSPS) is 21.3. The lowest BCUT2D eigenvalue weighted by Crippen LogP contribution is -2.32. The van der Waals surface area contributed by atoms with E-state index in [-0.39, 0.29) is 30.9 Å². The summed E-state index contributed by atoms with van der Waals surface area (Å²) in [5.41, 5.74) is 6.80. The molecule has 3 N–H and O–H groups in total. The molecule has 1 fully saturated rings. The Labute approximate surface area is 142 Å². The largest absolute Gasteiger partial charge is 0.489 e. The van der Waals surface area contributed by atoms with Crippen LogP contribution in [0.25, 0.3) is 0 Å². The predicted octanol–water partition coefficient (Wildman–Crippen LogP) is 2.25. The average Bonchev–Trinajstić information content (AvgIpc) is 2.67. The number of nitrogens with two attached hydrogens (primary N) is 1. The van der Waals surface area contributed by atoms with Crippen molar-refractivity contribution in [2.45, 2.75) is 18.7 Å². The number of likely N-dealkylation sites (tertiary alicyclic amines) is 1. The second-order valence-corrected chi connectivity index (χ2v) is 5.21. The van der Waals surface area contributed by atoms with Crippen LogP contribution in [0.4, 0.5) is 0 Å². The van der Waals surface area contributed by atoms with Crippen LogP contribution in [-0.4, -0.2) is 41.8 Å². The predicted molar refractivity (Wildman–Crippen MR) is 90.9 cm³/mol. The van der Waals surface area contributed by atoms with Gasteiger partial charge in [-0.2, -0.15) is 0 Å². The van der Waals surface area contributed by atoms with E-state index in [1.807, 2.05) is 12.1 Å². The number of halogens is 3. The summed E-state index contributed by atoms with van der Waals surface area (Å²) in [5.74, 6) is 0.791. The Kier molecular flexibility index (Phi) is 9.29. The fraction of sp³-hybridized carbons (Fsp3) is 0.429. The van der Waals surface area contributed by atoms with Gasteiger partial charge in [-0.15, -0.1) is 24.8 Å². The van der Waals surface area contributed by atoms with Gasteiger partial charge < -0.3 is 15.6 Å². The number of hydrogen-bond acceptors (Lipinski definition) is 4. The van der Waals surface area contributed by atoms with E-state index in [2.05, 4.69) is 11.5 Å². The fourth-order valence-electron chi connectivity index (χ4n) is 2.23. The third kappa shape index (κ3) is 5.66. The summed E-state index contributed by atoms with van der Waals surface area (Å²) in [7, 11) is 0. The highest BCUT2D eigenvalue weighted by molar-refractivity contribution is 6.30. The second-order valence-electron chi connectivity index (χ2n) is 4.78. The topological polar surface area (TPSA) is 58.7 Å². The van der Waals surface area contributed by atoms with Gasteiger partial charge in [0.1, 0.15) is 12.4 Å². The molecule has 1 aliphatic rings. The van der Waals surface area contributed by atoms with Crippen molar-refractivity contribution in [1.29, 1.82) is 0 Å². The molecule has 0 spiro atoms. The number of benzene rings is 1. The zero-order valence-corrected chi connectivity index (χ0v) is 14.0. The summed E-state index contributed by atoms with van der Waals surface area (Å²) in [5, 5.41) is 10.3. The number of aliphatic hydroxyl groups is 1. The van der Waals surface area contributed by atoms with Gasteiger partial charge in [0.2, 0.25) is 0 Å². The average molecular weight is 356 g/mol. The molecule has 0 unspecified atom stereocenters. The Morgan fingerprint density at radius 3 is 2.71 bits per heavy atom. The molecule has 1 heterocycles. The van der Waals surface area contributed by atoms with Crippen LogP contribution in [0.1, 0.15) is 5.56 Å². The molecule has 120 valence electrons. The molecule has 2 rings (SSSR count). The minimum atomic E-state index is -0.461. The van der Waals surface area contributed by atoms with E-state index in [0.717, 1.165) is 11.3 Å². The maximum atomic E-state index is 9.67. The van der Waals surface area contributed by atoms with Crippen LogP contribution < -0.4 is 10.5 Å². The number of ether oxygens (including phenoxy) is 1. The van der Waals surface area contributed by atoms with Crippen molar-refractivity contribution in [2.24, 2.45) is 5.73 Å². The van der Waals surface area contributed by atoms with Crippen molar-refractivity contribution >= 4 is 36.4 Å². The summed E-state index contributed by atoms with van der Waals surface area (Å²) in [4.78, 5) is 2.10. The van der Waals surface area contributed by atoms with Crippen molar-refractivity contribution in [3.63, 3.8) is 0 Å². The Hall–Kier alpha value is -0.490. The first-order chi connectivity index (χ1) is 9.10. The highest BCUT2D eigenvalue weighted by Gasteiger charge is 2.28. The minimum Gasteiger partial charge on any atom is -0.489 e. The van der Waals surface area contributed by atoms with Crippen LogP contribution in [0.5, 0.6) is 5.75 Å². The van der Waals surface area contributed by atoms with Gasteiger partial charge in [-0.05, 0) is 18.2 Å². The van der Waals surface area contributed by atoms with Crippen LogP contribution in [0, 0.1) is 0 Å². The van der Waals surface area contributed by atoms with Crippen molar-refractivity contribution in [3.8, 4) is 5.75 Å². The van der Waals surface area contributed by atoms with Gasteiger partial charge in [-0.3, -0.25) is 4.90 Å². The van der Waals surface area contributed by atoms with E-state index in [1.54, 1.807) is 12.1 Å². The molecule has 0 bridgehead atoms. The minimum absolute atomic E-state index is 0. The highest BCUT2D eigenvalue weighted by atomic mass is 35.5. The molecule has 21 heavy (non-hydrogen) atoms. The molecule has 7 heteroatoms. The second kappa shape index (κ2) is 9.51. The molecule has 0 radical (unpaired) electrons. The highest BCUT2D eigenvalue weighted by Crippen LogP contribution is 2.25. The SMILES string of the molecule is C=CCOc1ccc(Cl)cc1CN1C[C@@H](N)[C@H](O)C1.Cl.Cl. The number of nitrogens with zero attached hydrogens (tertiary/aromatic N) is 1. The van der Waals surface area contributed by atoms with Crippen molar-refractivity contribution < 1.29 is 9.84 Å². The summed E-state index contributed by atoms with van der Waals surface area (Å²) in [6, 6.07) is 5.36. The number of rotatable bonds is 5. The van der Waals surface area contributed by atoms with Crippen LogP contribution in [0.15, 0.2) is 30.9 Å². The number of aliphatic hydroxyl groups excluding tert-OH is 1. The van der Waals surface area contributed by atoms with Crippen LogP contribution in [-0.2, 0) is 6.54 Å². The number of β-amino-alcohol motifs (C(OH)–C–C–N with tert-alkyl or cyclic N) is 1. The Morgan fingerprint density at radius 2 is 2.14 bits per heavy atom. The standard InChI is InChI=1S/C14H19ClN2O2.2ClH/c1-2-5-19-14-4-3-11(15)6-10(14)7-17-8-12(16)13(18)9-17;;/h2-4,6,12-13,18H,1,5,7-9,16H2;2*1H/t12-,13-;;/m1../s1. The first kappa shape index (κ1) is 20.5. The maximum Gasteiger partial charge on any atom is 0.124 e. The van der Waals surface area contributed by atoms with E-state index in [1.165, 1.54) is 0 Å². The zero-order chi connectivity index (χ0) is 13.8. The fourth-order valence-corrected chi connectivity index (χ4v) is 2.42. The Balaban J connectivity index is 0.00000200. The van der Waals surface area contributed by atoms with Gasteiger partial charge in [0, 0.05) is 36.3 Å². The third-order valence-electron chi connectivity index (χ3n) is 3.18. The van der Waals surface area contributed by atoms with Crippen LogP contribution in [0.2, 0.25) is 5.02 Å². The van der Waals surface area contributed by atoms with Gasteiger partial charge in [-0.25, -0.2) is 0 Å². The summed E-state index contributed by atoms with van der Waals surface area (Å²) < 4.78 is 5.61. The van der Waals surface area contributed by atoms with E-state index in [9.17, 15) is 5.11 Å². The molecule has 1 saturated heterocycles. The lowest BCUT2D eigenvalue weighted by Gasteiger charge is -2.18. The van der Waals surface area contributed by atoms with Gasteiger partial charge in [0.15, 0.2) is 0 Å². The van der Waals surface area contributed by atoms with Crippen molar-refractivity contribution in [2.75, 3.05) is 19.7 Å². The molecule has 0 saturated carbocycles. The molecule has 1 aromatic carbocycles. The van der Waals surface area contributed by atoms with Gasteiger partial charge in [0.05, 0.1) is 6.10 Å². The Morgan fingerprint density at radius 1 is 1.43 bits per heavy atom. The molecule has 0 aliphatic carbocycles. The molecule has 0 amide bonds. The van der Waals surface area contributed by atoms with Gasteiger partial charge >= 0.3 is 0 Å². The van der Waals surface area contributed by atoms with Gasteiger partial charge in [-0.1, -0.05) is 24.3 Å². The zero-order valence-electron chi connectivity index (χ0n) is 11.6.